The highest BCUT2D eigenvalue weighted by Gasteiger charge is 1.98. The van der Waals surface area contributed by atoms with E-state index < -0.39 is 5.95 Å². The van der Waals surface area contributed by atoms with Crippen molar-refractivity contribution in [2.45, 2.75) is 20.8 Å². The smallest absolute Gasteiger partial charge is 0.214 e. The van der Waals surface area contributed by atoms with Crippen molar-refractivity contribution in [2.24, 2.45) is 0 Å². The topological polar surface area (TPSA) is 28.7 Å². The van der Waals surface area contributed by atoms with Crippen LogP contribution in [0.25, 0.3) is 11.0 Å². The molecule has 0 unspecified atom stereocenters. The summed E-state index contributed by atoms with van der Waals surface area (Å²) >= 11 is 0. The van der Waals surface area contributed by atoms with Gasteiger partial charge in [0.25, 0.3) is 0 Å². The SMILES string of the molecule is CC.Cc1cc2ccc(F)nc2[nH]1. The number of hydrogen-bond donors (Lipinski definition) is 1. The van der Waals surface area contributed by atoms with E-state index in [0.717, 1.165) is 11.1 Å². The molecule has 0 aliphatic carbocycles. The lowest BCUT2D eigenvalue weighted by Crippen LogP contribution is -1.81. The van der Waals surface area contributed by atoms with E-state index in [0.29, 0.717) is 5.65 Å². The summed E-state index contributed by atoms with van der Waals surface area (Å²) in [5.74, 6) is -0.445. The highest BCUT2D eigenvalue weighted by molar-refractivity contribution is 5.76. The van der Waals surface area contributed by atoms with Crippen LogP contribution in [0.3, 0.4) is 0 Å². The molecule has 2 rings (SSSR count). The molecule has 0 saturated carbocycles. The summed E-state index contributed by atoms with van der Waals surface area (Å²) in [4.78, 5) is 6.62. The molecule has 2 heterocycles. The van der Waals surface area contributed by atoms with Gasteiger partial charge in [-0.2, -0.15) is 4.39 Å². The second-order valence-corrected chi connectivity index (χ2v) is 2.52. The first kappa shape index (κ1) is 9.71. The van der Waals surface area contributed by atoms with Crippen LogP contribution in [0.4, 0.5) is 4.39 Å². The van der Waals surface area contributed by atoms with Gasteiger partial charge in [0, 0.05) is 11.1 Å². The zero-order chi connectivity index (χ0) is 9.84. The zero-order valence-electron chi connectivity index (χ0n) is 8.06. The van der Waals surface area contributed by atoms with Gasteiger partial charge >= 0.3 is 0 Å². The Morgan fingerprint density at radius 1 is 1.31 bits per heavy atom. The Morgan fingerprint density at radius 3 is 2.69 bits per heavy atom. The molecule has 70 valence electrons. The number of H-pyrrole nitrogens is 1. The second-order valence-electron chi connectivity index (χ2n) is 2.52. The van der Waals surface area contributed by atoms with Gasteiger partial charge in [-0.3, -0.25) is 0 Å². The number of rotatable bonds is 0. The van der Waals surface area contributed by atoms with Gasteiger partial charge < -0.3 is 4.98 Å². The average Bonchev–Trinajstić information content (AvgIpc) is 2.48. The van der Waals surface area contributed by atoms with Gasteiger partial charge in [-0.25, -0.2) is 4.98 Å². The molecule has 0 spiro atoms. The monoisotopic (exact) mass is 180 g/mol. The van der Waals surface area contributed by atoms with Crippen molar-refractivity contribution >= 4 is 11.0 Å². The largest absolute Gasteiger partial charge is 0.343 e. The highest BCUT2D eigenvalue weighted by atomic mass is 19.1. The Balaban J connectivity index is 0.000000396. The molecule has 13 heavy (non-hydrogen) atoms. The maximum atomic E-state index is 12.5. The zero-order valence-corrected chi connectivity index (χ0v) is 8.06. The van der Waals surface area contributed by atoms with E-state index in [4.69, 9.17) is 0 Å². The number of hydrogen-bond acceptors (Lipinski definition) is 1. The molecule has 0 aromatic carbocycles. The van der Waals surface area contributed by atoms with Crippen LogP contribution in [0.5, 0.6) is 0 Å². The molecule has 0 radical (unpaired) electrons. The third-order valence-electron chi connectivity index (χ3n) is 1.58. The molecule has 0 saturated heterocycles. The van der Waals surface area contributed by atoms with Gasteiger partial charge in [0.15, 0.2) is 0 Å². The minimum atomic E-state index is -0.445. The number of aryl methyl sites for hydroxylation is 1. The average molecular weight is 180 g/mol. The molecule has 0 atom stereocenters. The fourth-order valence-corrected chi connectivity index (χ4v) is 1.12. The predicted octanol–water partition coefficient (Wildman–Crippen LogP) is 3.04. The molecule has 2 aromatic heterocycles. The van der Waals surface area contributed by atoms with Crippen LogP contribution in [0, 0.1) is 12.9 Å². The van der Waals surface area contributed by atoms with Crippen molar-refractivity contribution in [1.29, 1.82) is 0 Å². The quantitative estimate of drug-likeness (QED) is 0.620. The summed E-state index contributed by atoms with van der Waals surface area (Å²) in [6.07, 6.45) is 0. The van der Waals surface area contributed by atoms with Gasteiger partial charge in [-0.15, -0.1) is 0 Å². The van der Waals surface area contributed by atoms with Crippen molar-refractivity contribution < 1.29 is 4.39 Å². The molecule has 0 fully saturated rings. The summed E-state index contributed by atoms with van der Waals surface area (Å²) in [5.41, 5.74) is 1.61. The molecular formula is C10H13FN2. The van der Waals surface area contributed by atoms with E-state index in [1.165, 1.54) is 6.07 Å². The van der Waals surface area contributed by atoms with Crippen molar-refractivity contribution in [3.05, 3.63) is 29.8 Å². The molecule has 0 bridgehead atoms. The number of halogens is 1. The maximum absolute atomic E-state index is 12.5. The van der Waals surface area contributed by atoms with E-state index in [1.807, 2.05) is 26.8 Å². The first-order chi connectivity index (χ1) is 6.25. The lowest BCUT2D eigenvalue weighted by Gasteiger charge is -1.86. The highest BCUT2D eigenvalue weighted by Crippen LogP contribution is 2.12. The fraction of sp³-hybridized carbons (Fsp3) is 0.300. The first-order valence-electron chi connectivity index (χ1n) is 4.37. The van der Waals surface area contributed by atoms with Crippen LogP contribution in [-0.4, -0.2) is 9.97 Å². The number of nitrogens with zero attached hydrogens (tertiary/aromatic N) is 1. The number of fused-ring (bicyclic) bond motifs is 1. The summed E-state index contributed by atoms with van der Waals surface area (Å²) < 4.78 is 12.5. The molecule has 2 nitrogen and oxygen atoms in total. The molecule has 3 heteroatoms. The molecule has 0 aliphatic rings. The Hall–Kier alpha value is -1.38. The molecule has 0 aliphatic heterocycles. The number of aromatic nitrogens is 2. The molecule has 2 aromatic rings. The van der Waals surface area contributed by atoms with E-state index in [-0.39, 0.29) is 0 Å². The van der Waals surface area contributed by atoms with Gasteiger partial charge in [0.1, 0.15) is 5.65 Å². The molecule has 0 amide bonds. The predicted molar refractivity (Wildman–Crippen MR) is 52.1 cm³/mol. The van der Waals surface area contributed by atoms with Gasteiger partial charge in [0.2, 0.25) is 5.95 Å². The van der Waals surface area contributed by atoms with E-state index in [9.17, 15) is 4.39 Å². The van der Waals surface area contributed by atoms with Crippen LogP contribution in [-0.2, 0) is 0 Å². The Bertz CT molecular complexity index is 393. The van der Waals surface area contributed by atoms with Crippen LogP contribution < -0.4 is 0 Å². The Labute approximate surface area is 76.8 Å². The Morgan fingerprint density at radius 2 is 2.00 bits per heavy atom. The van der Waals surface area contributed by atoms with Gasteiger partial charge in [-0.1, -0.05) is 13.8 Å². The lowest BCUT2D eigenvalue weighted by atomic mass is 10.3. The van der Waals surface area contributed by atoms with E-state index in [2.05, 4.69) is 9.97 Å². The summed E-state index contributed by atoms with van der Waals surface area (Å²) in [5, 5.41) is 0.948. The van der Waals surface area contributed by atoms with Gasteiger partial charge in [0.05, 0.1) is 0 Å². The van der Waals surface area contributed by atoms with E-state index in [1.54, 1.807) is 6.07 Å². The van der Waals surface area contributed by atoms with Crippen molar-refractivity contribution in [3.63, 3.8) is 0 Å². The summed E-state index contributed by atoms with van der Waals surface area (Å²) in [6.45, 7) is 5.92. The third kappa shape index (κ3) is 2.05. The van der Waals surface area contributed by atoms with Crippen molar-refractivity contribution in [1.82, 2.24) is 9.97 Å². The fourth-order valence-electron chi connectivity index (χ4n) is 1.12. The summed E-state index contributed by atoms with van der Waals surface area (Å²) in [7, 11) is 0. The maximum Gasteiger partial charge on any atom is 0.214 e. The molecular weight excluding hydrogens is 167 g/mol. The number of pyridine rings is 1. The van der Waals surface area contributed by atoms with Crippen LogP contribution >= 0.6 is 0 Å². The standard InChI is InChI=1S/C8H7FN2.C2H6/c1-5-4-6-2-3-7(9)11-8(6)10-5;1-2/h2-4H,1H3,(H,10,11);1-2H3. The third-order valence-corrected chi connectivity index (χ3v) is 1.58. The minimum Gasteiger partial charge on any atom is -0.343 e. The molecule has 1 N–H and O–H groups in total. The first-order valence-corrected chi connectivity index (χ1v) is 4.37. The number of aromatic amines is 1. The second kappa shape index (κ2) is 4.03. The lowest BCUT2D eigenvalue weighted by molar-refractivity contribution is 0.588. The van der Waals surface area contributed by atoms with E-state index >= 15 is 0 Å². The van der Waals surface area contributed by atoms with Crippen LogP contribution in [0.15, 0.2) is 18.2 Å². The van der Waals surface area contributed by atoms with Crippen LogP contribution in [0.1, 0.15) is 19.5 Å². The van der Waals surface area contributed by atoms with Gasteiger partial charge in [-0.05, 0) is 25.1 Å². The van der Waals surface area contributed by atoms with Crippen LogP contribution in [0.2, 0.25) is 0 Å². The normalized spacial score (nSPS) is 9.54. The van der Waals surface area contributed by atoms with Crippen molar-refractivity contribution in [2.75, 3.05) is 0 Å². The van der Waals surface area contributed by atoms with Crippen molar-refractivity contribution in [3.8, 4) is 0 Å². The summed E-state index contributed by atoms with van der Waals surface area (Å²) in [6, 6.07) is 5.00. The minimum absolute atomic E-state index is 0.445. The Kier molecular flexibility index (Phi) is 3.01. The number of nitrogens with one attached hydrogen (secondary N) is 1.